The van der Waals surface area contributed by atoms with Gasteiger partial charge in [0, 0.05) is 12.1 Å². The third kappa shape index (κ3) is 2.79. The van der Waals surface area contributed by atoms with E-state index >= 15 is 0 Å². The lowest BCUT2D eigenvalue weighted by atomic mass is 10.1. The molecule has 0 fully saturated rings. The topological polar surface area (TPSA) is 34.9 Å². The van der Waals surface area contributed by atoms with E-state index in [4.69, 9.17) is 11.6 Å². The van der Waals surface area contributed by atoms with E-state index in [1.54, 1.807) is 17.7 Å². The normalized spacial score (nSPS) is 10.8. The minimum Gasteiger partial charge on any atom is -0.294 e. The van der Waals surface area contributed by atoms with Gasteiger partial charge in [-0.25, -0.2) is 4.39 Å². The van der Waals surface area contributed by atoms with Crippen molar-refractivity contribution in [2.75, 3.05) is 0 Å². The van der Waals surface area contributed by atoms with Gasteiger partial charge < -0.3 is 0 Å². The summed E-state index contributed by atoms with van der Waals surface area (Å²) in [6, 6.07) is 4.40. The van der Waals surface area contributed by atoms with Crippen molar-refractivity contribution in [3.05, 3.63) is 50.5 Å². The zero-order chi connectivity index (χ0) is 14.9. The van der Waals surface area contributed by atoms with E-state index in [1.807, 2.05) is 6.92 Å². The van der Waals surface area contributed by atoms with Gasteiger partial charge in [-0.1, -0.05) is 23.7 Å². The van der Waals surface area contributed by atoms with Crippen molar-refractivity contribution < 1.29 is 9.18 Å². The molecule has 0 radical (unpaired) electrons. The van der Waals surface area contributed by atoms with E-state index in [-0.39, 0.29) is 16.7 Å². The number of nitrogens with zero attached hydrogens (tertiary/aromatic N) is 2. The summed E-state index contributed by atoms with van der Waals surface area (Å²) in [5, 5.41) is 4.76. The van der Waals surface area contributed by atoms with Crippen LogP contribution in [0.4, 0.5) is 4.39 Å². The molecular formula is C14H13BrClFN2O. The molecule has 1 aromatic heterocycles. The molecule has 0 aliphatic heterocycles. The number of hydrogen-bond donors (Lipinski definition) is 0. The Morgan fingerprint density at radius 2 is 2.20 bits per heavy atom. The van der Waals surface area contributed by atoms with E-state index in [9.17, 15) is 9.18 Å². The van der Waals surface area contributed by atoms with Gasteiger partial charge in [-0.05, 0) is 35.8 Å². The van der Waals surface area contributed by atoms with Crippen LogP contribution in [0.1, 0.15) is 28.7 Å². The quantitative estimate of drug-likeness (QED) is 0.767. The van der Waals surface area contributed by atoms with Crippen molar-refractivity contribution in [3.8, 4) is 0 Å². The highest BCUT2D eigenvalue weighted by Crippen LogP contribution is 2.25. The van der Waals surface area contributed by atoms with Crippen LogP contribution in [-0.2, 0) is 13.0 Å². The number of benzene rings is 1. The van der Waals surface area contributed by atoms with Crippen LogP contribution in [0, 0.1) is 12.7 Å². The Kier molecular flexibility index (Phi) is 4.60. The SMILES string of the molecule is CCn1nc(C)c(Cl)c1CC(=O)c1cccc(F)c1Br. The smallest absolute Gasteiger partial charge is 0.170 e. The summed E-state index contributed by atoms with van der Waals surface area (Å²) in [4.78, 5) is 12.3. The van der Waals surface area contributed by atoms with E-state index in [1.165, 1.54) is 12.1 Å². The van der Waals surface area contributed by atoms with Crippen molar-refractivity contribution in [2.24, 2.45) is 0 Å². The highest BCUT2D eigenvalue weighted by atomic mass is 79.9. The summed E-state index contributed by atoms with van der Waals surface area (Å²) in [6.07, 6.45) is 0.0928. The zero-order valence-corrected chi connectivity index (χ0v) is 13.4. The van der Waals surface area contributed by atoms with Gasteiger partial charge in [-0.15, -0.1) is 0 Å². The van der Waals surface area contributed by atoms with E-state index < -0.39 is 5.82 Å². The monoisotopic (exact) mass is 358 g/mol. The third-order valence-corrected chi connectivity index (χ3v) is 4.33. The van der Waals surface area contributed by atoms with E-state index in [0.29, 0.717) is 28.5 Å². The van der Waals surface area contributed by atoms with Crippen LogP contribution < -0.4 is 0 Å². The van der Waals surface area contributed by atoms with Gasteiger partial charge in [0.15, 0.2) is 5.78 Å². The molecule has 0 atom stereocenters. The average Bonchev–Trinajstić information content (AvgIpc) is 2.69. The van der Waals surface area contributed by atoms with Crippen LogP contribution in [0.3, 0.4) is 0 Å². The molecule has 0 saturated carbocycles. The number of hydrogen-bond acceptors (Lipinski definition) is 2. The molecule has 2 aromatic rings. The van der Waals surface area contributed by atoms with Crippen LogP contribution in [-0.4, -0.2) is 15.6 Å². The van der Waals surface area contributed by atoms with Crippen molar-refractivity contribution in [3.63, 3.8) is 0 Å². The van der Waals surface area contributed by atoms with Crippen LogP contribution in [0.25, 0.3) is 0 Å². The second-order valence-electron chi connectivity index (χ2n) is 4.36. The number of halogens is 3. The maximum absolute atomic E-state index is 13.5. The first-order valence-corrected chi connectivity index (χ1v) is 7.31. The number of rotatable bonds is 4. The maximum atomic E-state index is 13.5. The first-order chi connectivity index (χ1) is 9.45. The van der Waals surface area contributed by atoms with Crippen LogP contribution in [0.2, 0.25) is 5.02 Å². The van der Waals surface area contributed by atoms with Crippen molar-refractivity contribution >= 4 is 33.3 Å². The Hall–Kier alpha value is -1.20. The fourth-order valence-electron chi connectivity index (χ4n) is 2.00. The van der Waals surface area contributed by atoms with Gasteiger partial charge in [0.1, 0.15) is 5.82 Å². The van der Waals surface area contributed by atoms with Crippen molar-refractivity contribution in [2.45, 2.75) is 26.8 Å². The number of aromatic nitrogens is 2. The van der Waals surface area contributed by atoms with Gasteiger partial charge in [-0.2, -0.15) is 5.10 Å². The van der Waals surface area contributed by atoms with Gasteiger partial charge in [-0.3, -0.25) is 9.48 Å². The average molecular weight is 360 g/mol. The zero-order valence-electron chi connectivity index (χ0n) is 11.1. The summed E-state index contributed by atoms with van der Waals surface area (Å²) < 4.78 is 15.3. The second-order valence-corrected chi connectivity index (χ2v) is 5.53. The molecule has 0 spiro atoms. The molecule has 6 heteroatoms. The van der Waals surface area contributed by atoms with Gasteiger partial charge >= 0.3 is 0 Å². The molecule has 2 rings (SSSR count). The summed E-state index contributed by atoms with van der Waals surface area (Å²) >= 11 is 9.28. The van der Waals surface area contributed by atoms with Crippen LogP contribution in [0.5, 0.6) is 0 Å². The molecule has 20 heavy (non-hydrogen) atoms. The Morgan fingerprint density at radius 3 is 2.85 bits per heavy atom. The highest BCUT2D eigenvalue weighted by Gasteiger charge is 2.19. The third-order valence-electron chi connectivity index (χ3n) is 3.03. The molecule has 0 amide bonds. The number of carbonyl (C=O) groups excluding carboxylic acids is 1. The Bertz CT molecular complexity index is 669. The minimum atomic E-state index is -0.456. The van der Waals surface area contributed by atoms with Crippen LogP contribution >= 0.6 is 27.5 Å². The first kappa shape index (κ1) is 15.2. The molecule has 1 aromatic carbocycles. The predicted molar refractivity (Wildman–Crippen MR) is 79.8 cm³/mol. The van der Waals surface area contributed by atoms with Gasteiger partial charge in [0.25, 0.3) is 0 Å². The number of carbonyl (C=O) groups is 1. The van der Waals surface area contributed by atoms with Gasteiger partial charge in [0.2, 0.25) is 0 Å². The fraction of sp³-hybridized carbons (Fsp3) is 0.286. The molecule has 0 unspecified atom stereocenters. The number of ketones is 1. The van der Waals surface area contributed by atoms with Crippen LogP contribution in [0.15, 0.2) is 22.7 Å². The summed E-state index contributed by atoms with van der Waals surface area (Å²) in [5.74, 6) is -0.657. The molecule has 0 aliphatic carbocycles. The fourth-order valence-corrected chi connectivity index (χ4v) is 2.69. The molecule has 0 saturated heterocycles. The highest BCUT2D eigenvalue weighted by molar-refractivity contribution is 9.10. The first-order valence-electron chi connectivity index (χ1n) is 6.14. The standard InChI is InChI=1S/C14H13BrClFN2O/c1-3-19-11(14(16)8(2)18-19)7-12(20)9-5-4-6-10(17)13(9)15/h4-6H,3,7H2,1-2H3. The van der Waals surface area contributed by atoms with Gasteiger partial charge in [0.05, 0.1) is 27.3 Å². The second kappa shape index (κ2) is 6.06. The summed E-state index contributed by atoms with van der Waals surface area (Å²) in [5.41, 5.74) is 1.66. The van der Waals surface area contributed by atoms with E-state index in [0.717, 1.165) is 0 Å². The molecule has 106 valence electrons. The molecule has 0 aliphatic rings. The summed E-state index contributed by atoms with van der Waals surface area (Å²) in [7, 11) is 0. The lowest BCUT2D eigenvalue weighted by Gasteiger charge is -2.07. The Balaban J connectivity index is 2.35. The number of Topliss-reactive ketones (excluding diaryl/α,β-unsaturated/α-hetero) is 1. The predicted octanol–water partition coefficient (Wildman–Crippen LogP) is 4.19. The van der Waals surface area contributed by atoms with E-state index in [2.05, 4.69) is 21.0 Å². The molecule has 1 heterocycles. The number of aryl methyl sites for hydroxylation is 2. The maximum Gasteiger partial charge on any atom is 0.170 e. The molecule has 3 nitrogen and oxygen atoms in total. The Morgan fingerprint density at radius 1 is 1.50 bits per heavy atom. The molecule has 0 bridgehead atoms. The summed E-state index contributed by atoms with van der Waals surface area (Å²) in [6.45, 7) is 4.34. The Labute approximate surface area is 129 Å². The van der Waals surface area contributed by atoms with Crippen molar-refractivity contribution in [1.82, 2.24) is 9.78 Å². The minimum absolute atomic E-state index is 0.0928. The molecule has 0 N–H and O–H groups in total. The molecular weight excluding hydrogens is 347 g/mol. The lowest BCUT2D eigenvalue weighted by Crippen LogP contribution is -2.11. The van der Waals surface area contributed by atoms with Crippen molar-refractivity contribution in [1.29, 1.82) is 0 Å². The lowest BCUT2D eigenvalue weighted by molar-refractivity contribution is 0.0989. The largest absolute Gasteiger partial charge is 0.294 e.